The number of piperidine rings is 1. The number of nitrogens with zero attached hydrogens (tertiary/aromatic N) is 5. The van der Waals surface area contributed by atoms with E-state index in [4.69, 9.17) is 10.2 Å². The number of hydrogen-bond donors (Lipinski definition) is 1. The number of aromatic nitrogens is 2. The zero-order chi connectivity index (χ0) is 26.6. The van der Waals surface area contributed by atoms with E-state index in [9.17, 15) is 4.79 Å². The van der Waals surface area contributed by atoms with Gasteiger partial charge in [0.25, 0.3) is 0 Å². The van der Waals surface area contributed by atoms with E-state index in [1.807, 2.05) is 11.1 Å². The van der Waals surface area contributed by atoms with Crippen LogP contribution in [0.5, 0.6) is 0 Å². The van der Waals surface area contributed by atoms with Gasteiger partial charge in [-0.1, -0.05) is 42.5 Å². The van der Waals surface area contributed by atoms with Crippen LogP contribution in [0.15, 0.2) is 84.2 Å². The van der Waals surface area contributed by atoms with Crippen molar-refractivity contribution in [2.24, 2.45) is 5.10 Å². The van der Waals surface area contributed by atoms with E-state index in [0.717, 1.165) is 47.4 Å². The van der Waals surface area contributed by atoms with Gasteiger partial charge in [0.2, 0.25) is 0 Å². The van der Waals surface area contributed by atoms with Gasteiger partial charge in [-0.05, 0) is 72.2 Å². The first-order chi connectivity index (χ1) is 19.1. The number of benzene rings is 3. The van der Waals surface area contributed by atoms with E-state index >= 15 is 0 Å². The number of hydrogen-bond acceptors (Lipinski definition) is 6. The molecule has 1 N–H and O–H groups in total. The minimum absolute atomic E-state index is 0.0298. The Labute approximate surface area is 228 Å². The number of aliphatic carboxylic acids is 1. The van der Waals surface area contributed by atoms with E-state index in [0.29, 0.717) is 13.0 Å². The van der Waals surface area contributed by atoms with Gasteiger partial charge in [-0.15, -0.1) is 0 Å². The molecular formula is C32H33N5O2. The molecule has 2 aliphatic rings. The van der Waals surface area contributed by atoms with Crippen LogP contribution in [0.1, 0.15) is 55.7 Å². The van der Waals surface area contributed by atoms with Crippen LogP contribution in [0.4, 0.5) is 5.69 Å². The standard InChI is InChI=1S/C32H33N5O2/c38-32(39)5-4-20-37-31(26-12-15-28-30(21-26)34-17-16-33-28)22-29(35-37)25-8-6-23(7-9-25)24-10-13-27(14-11-24)36-18-2-1-3-19-36/h6-17,21,31H,1-5,18-20,22H2,(H,38,39). The van der Waals surface area contributed by atoms with Crippen molar-refractivity contribution in [2.45, 2.75) is 44.6 Å². The molecule has 7 heteroatoms. The van der Waals surface area contributed by atoms with Crippen molar-refractivity contribution in [3.8, 4) is 11.1 Å². The van der Waals surface area contributed by atoms with Crippen molar-refractivity contribution in [1.82, 2.24) is 15.0 Å². The van der Waals surface area contributed by atoms with E-state index in [1.165, 1.54) is 36.1 Å². The largest absolute Gasteiger partial charge is 0.481 e. The molecule has 39 heavy (non-hydrogen) atoms. The molecular weight excluding hydrogens is 486 g/mol. The molecule has 1 atom stereocenters. The summed E-state index contributed by atoms with van der Waals surface area (Å²) in [6, 6.07) is 23.7. The number of rotatable bonds is 8. The molecule has 7 nitrogen and oxygen atoms in total. The fourth-order valence-electron chi connectivity index (χ4n) is 5.68. The molecule has 0 radical (unpaired) electrons. The van der Waals surface area contributed by atoms with Crippen molar-refractivity contribution >= 4 is 28.4 Å². The maximum Gasteiger partial charge on any atom is 0.303 e. The molecule has 6 rings (SSSR count). The Morgan fingerprint density at radius 1 is 0.821 bits per heavy atom. The summed E-state index contributed by atoms with van der Waals surface area (Å²) in [5.41, 5.74) is 8.64. The minimum atomic E-state index is -0.782. The lowest BCUT2D eigenvalue weighted by Gasteiger charge is -2.28. The van der Waals surface area contributed by atoms with Crippen LogP contribution in [-0.4, -0.2) is 51.4 Å². The maximum atomic E-state index is 11.1. The highest BCUT2D eigenvalue weighted by Crippen LogP contribution is 2.34. The van der Waals surface area contributed by atoms with Gasteiger partial charge < -0.3 is 10.0 Å². The molecule has 198 valence electrons. The van der Waals surface area contributed by atoms with Crippen LogP contribution in [0.25, 0.3) is 22.2 Å². The molecule has 1 aromatic heterocycles. The predicted molar refractivity (Wildman–Crippen MR) is 155 cm³/mol. The molecule has 1 saturated heterocycles. The molecule has 1 unspecified atom stereocenters. The molecule has 4 aromatic rings. The normalized spacial score (nSPS) is 17.4. The first-order valence-corrected chi connectivity index (χ1v) is 13.9. The smallest absolute Gasteiger partial charge is 0.303 e. The van der Waals surface area contributed by atoms with Gasteiger partial charge in [-0.2, -0.15) is 5.10 Å². The molecule has 0 bridgehead atoms. The highest BCUT2D eigenvalue weighted by Gasteiger charge is 2.29. The molecule has 0 spiro atoms. The number of carbonyl (C=O) groups is 1. The molecule has 1 fully saturated rings. The average Bonchev–Trinajstić information content (AvgIpc) is 3.41. The zero-order valence-corrected chi connectivity index (χ0v) is 22.0. The van der Waals surface area contributed by atoms with Crippen molar-refractivity contribution < 1.29 is 9.90 Å². The summed E-state index contributed by atoms with van der Waals surface area (Å²) >= 11 is 0. The molecule has 0 amide bonds. The third-order valence-corrected chi connectivity index (χ3v) is 7.79. The van der Waals surface area contributed by atoms with Crippen LogP contribution in [-0.2, 0) is 4.79 Å². The molecule has 2 aliphatic heterocycles. The van der Waals surface area contributed by atoms with Crippen molar-refractivity contribution in [3.63, 3.8) is 0 Å². The quantitative estimate of drug-likeness (QED) is 0.294. The molecule has 0 aliphatic carbocycles. The second-order valence-corrected chi connectivity index (χ2v) is 10.4. The number of carboxylic acid groups (broad SMARTS) is 1. The van der Waals surface area contributed by atoms with Crippen molar-refractivity contribution in [1.29, 1.82) is 0 Å². The number of anilines is 1. The van der Waals surface area contributed by atoms with Gasteiger partial charge in [0, 0.05) is 50.6 Å². The lowest BCUT2D eigenvalue weighted by molar-refractivity contribution is -0.137. The van der Waals surface area contributed by atoms with Gasteiger partial charge in [-0.3, -0.25) is 19.8 Å². The second-order valence-electron chi connectivity index (χ2n) is 10.4. The Hall–Kier alpha value is -4.26. The van der Waals surface area contributed by atoms with E-state index in [-0.39, 0.29) is 12.5 Å². The van der Waals surface area contributed by atoms with E-state index in [1.54, 1.807) is 12.4 Å². The zero-order valence-electron chi connectivity index (χ0n) is 22.0. The second kappa shape index (κ2) is 11.2. The van der Waals surface area contributed by atoms with Crippen LogP contribution in [0.3, 0.4) is 0 Å². The first-order valence-electron chi connectivity index (χ1n) is 13.9. The van der Waals surface area contributed by atoms with Crippen LogP contribution in [0, 0.1) is 0 Å². The summed E-state index contributed by atoms with van der Waals surface area (Å²) in [7, 11) is 0. The van der Waals surface area contributed by atoms with Gasteiger partial charge in [-0.25, -0.2) is 0 Å². The van der Waals surface area contributed by atoms with Crippen LogP contribution in [0.2, 0.25) is 0 Å². The van der Waals surface area contributed by atoms with Crippen molar-refractivity contribution in [3.05, 3.63) is 90.3 Å². The minimum Gasteiger partial charge on any atom is -0.481 e. The fourth-order valence-corrected chi connectivity index (χ4v) is 5.68. The summed E-state index contributed by atoms with van der Waals surface area (Å²) in [4.78, 5) is 22.5. The Morgan fingerprint density at radius 3 is 2.21 bits per heavy atom. The fraction of sp³-hybridized carbons (Fsp3) is 0.312. The van der Waals surface area contributed by atoms with Gasteiger partial charge in [0.1, 0.15) is 0 Å². The number of fused-ring (bicyclic) bond motifs is 1. The molecule has 3 heterocycles. The highest BCUT2D eigenvalue weighted by molar-refractivity contribution is 6.02. The number of carboxylic acids is 1. The lowest BCUT2D eigenvalue weighted by Crippen LogP contribution is -2.29. The Balaban J connectivity index is 1.21. The lowest BCUT2D eigenvalue weighted by atomic mass is 9.96. The summed E-state index contributed by atoms with van der Waals surface area (Å²) in [5, 5.41) is 16.2. The van der Waals surface area contributed by atoms with Gasteiger partial charge >= 0.3 is 5.97 Å². The van der Waals surface area contributed by atoms with Crippen LogP contribution >= 0.6 is 0 Å². The highest BCUT2D eigenvalue weighted by atomic mass is 16.4. The third-order valence-electron chi connectivity index (χ3n) is 7.79. The summed E-state index contributed by atoms with van der Waals surface area (Å²) in [6.07, 6.45) is 8.72. The summed E-state index contributed by atoms with van der Waals surface area (Å²) in [6.45, 7) is 2.88. The van der Waals surface area contributed by atoms with Crippen LogP contribution < -0.4 is 4.90 Å². The van der Waals surface area contributed by atoms with Crippen molar-refractivity contribution in [2.75, 3.05) is 24.5 Å². The first kappa shape index (κ1) is 25.0. The third kappa shape index (κ3) is 5.62. The molecule has 3 aromatic carbocycles. The van der Waals surface area contributed by atoms with E-state index < -0.39 is 5.97 Å². The Kier molecular flexibility index (Phi) is 7.21. The Morgan fingerprint density at radius 2 is 1.49 bits per heavy atom. The Bertz CT molecular complexity index is 1480. The maximum absolute atomic E-state index is 11.1. The van der Waals surface area contributed by atoms with Gasteiger partial charge in [0.05, 0.1) is 22.8 Å². The summed E-state index contributed by atoms with van der Waals surface area (Å²) < 4.78 is 0. The number of hydrazone groups is 1. The topological polar surface area (TPSA) is 81.9 Å². The average molecular weight is 520 g/mol. The van der Waals surface area contributed by atoms with E-state index in [2.05, 4.69) is 75.5 Å². The summed E-state index contributed by atoms with van der Waals surface area (Å²) in [5.74, 6) is -0.782. The van der Waals surface area contributed by atoms with Gasteiger partial charge in [0.15, 0.2) is 0 Å². The monoisotopic (exact) mass is 519 g/mol. The molecule has 0 saturated carbocycles. The SMILES string of the molecule is O=C(O)CCCN1N=C(c2ccc(-c3ccc(N4CCCCC4)cc3)cc2)CC1c1ccc2nccnc2c1. The predicted octanol–water partition coefficient (Wildman–Crippen LogP) is 6.30.